The summed E-state index contributed by atoms with van der Waals surface area (Å²) in [7, 11) is 0. The van der Waals surface area contributed by atoms with Gasteiger partial charge >= 0.3 is 0 Å². The Morgan fingerprint density at radius 1 is 1.00 bits per heavy atom. The lowest BCUT2D eigenvalue weighted by Crippen LogP contribution is -2.28. The highest BCUT2D eigenvalue weighted by atomic mass is 16.5. The molecule has 0 spiro atoms. The fourth-order valence-electron chi connectivity index (χ4n) is 3.47. The predicted octanol–water partition coefficient (Wildman–Crippen LogP) is 3.01. The van der Waals surface area contributed by atoms with E-state index in [1.807, 2.05) is 12.1 Å². The smallest absolute Gasteiger partial charge is 0.227 e. The number of benzene rings is 2. The first-order valence-electron chi connectivity index (χ1n) is 9.88. The third-order valence-corrected chi connectivity index (χ3v) is 5.11. The minimum absolute atomic E-state index is 0.0611. The number of amides is 1. The molecule has 1 amide bonds. The second-order valence-electron chi connectivity index (χ2n) is 7.23. The topological polar surface area (TPSA) is 74.8 Å². The SMILES string of the molecule is O=C(Nc1ccc(Cc2ccc(NC3=NCCN3)cc2)cc1)C1CCOCC1. The maximum Gasteiger partial charge on any atom is 0.227 e. The zero-order chi connectivity index (χ0) is 19.2. The Bertz CT molecular complexity index is 825. The number of anilines is 2. The maximum atomic E-state index is 12.3. The number of carbonyl (C=O) groups excluding carboxylic acids is 1. The summed E-state index contributed by atoms with van der Waals surface area (Å²) >= 11 is 0. The molecule has 4 rings (SSSR count). The molecular weight excluding hydrogens is 352 g/mol. The van der Waals surface area contributed by atoms with Crippen molar-refractivity contribution in [2.24, 2.45) is 10.9 Å². The van der Waals surface area contributed by atoms with E-state index >= 15 is 0 Å². The van der Waals surface area contributed by atoms with Gasteiger partial charge in [-0.2, -0.15) is 0 Å². The maximum absolute atomic E-state index is 12.3. The molecule has 6 nitrogen and oxygen atoms in total. The van der Waals surface area contributed by atoms with E-state index in [0.717, 1.165) is 49.7 Å². The highest BCUT2D eigenvalue weighted by molar-refractivity contribution is 5.94. The van der Waals surface area contributed by atoms with Crippen LogP contribution in [0.15, 0.2) is 53.5 Å². The molecule has 1 saturated heterocycles. The van der Waals surface area contributed by atoms with Gasteiger partial charge in [0.05, 0.1) is 6.54 Å². The first-order valence-corrected chi connectivity index (χ1v) is 9.88. The van der Waals surface area contributed by atoms with Crippen LogP contribution in [-0.2, 0) is 16.0 Å². The van der Waals surface area contributed by atoms with Crippen molar-refractivity contribution in [3.63, 3.8) is 0 Å². The van der Waals surface area contributed by atoms with Gasteiger partial charge in [-0.25, -0.2) is 0 Å². The Morgan fingerprint density at radius 2 is 1.64 bits per heavy atom. The van der Waals surface area contributed by atoms with Crippen LogP contribution in [0.5, 0.6) is 0 Å². The second-order valence-corrected chi connectivity index (χ2v) is 7.23. The minimum atomic E-state index is 0.0611. The summed E-state index contributed by atoms with van der Waals surface area (Å²) in [6.45, 7) is 3.07. The van der Waals surface area contributed by atoms with E-state index < -0.39 is 0 Å². The molecule has 2 aromatic carbocycles. The van der Waals surface area contributed by atoms with Crippen molar-refractivity contribution in [1.82, 2.24) is 5.32 Å². The molecule has 2 heterocycles. The molecule has 0 aliphatic carbocycles. The molecule has 3 N–H and O–H groups in total. The number of nitrogens with one attached hydrogen (secondary N) is 3. The van der Waals surface area contributed by atoms with Crippen molar-refractivity contribution in [1.29, 1.82) is 0 Å². The van der Waals surface area contributed by atoms with Crippen LogP contribution in [0.2, 0.25) is 0 Å². The zero-order valence-electron chi connectivity index (χ0n) is 15.9. The fourth-order valence-corrected chi connectivity index (χ4v) is 3.47. The number of hydrogen-bond acceptors (Lipinski definition) is 5. The Kier molecular flexibility index (Phi) is 5.87. The Balaban J connectivity index is 1.30. The van der Waals surface area contributed by atoms with Crippen LogP contribution < -0.4 is 16.0 Å². The molecule has 2 aliphatic heterocycles. The van der Waals surface area contributed by atoms with E-state index in [1.54, 1.807) is 0 Å². The minimum Gasteiger partial charge on any atom is -0.381 e. The van der Waals surface area contributed by atoms with Crippen LogP contribution in [0, 0.1) is 5.92 Å². The molecular formula is C22H26N4O2. The summed E-state index contributed by atoms with van der Waals surface area (Å²) in [6.07, 6.45) is 2.46. The van der Waals surface area contributed by atoms with Gasteiger partial charge in [0.2, 0.25) is 5.91 Å². The highest BCUT2D eigenvalue weighted by Crippen LogP contribution is 2.19. The molecule has 6 heteroatoms. The summed E-state index contributed by atoms with van der Waals surface area (Å²) in [5.74, 6) is 0.998. The third kappa shape index (κ3) is 4.89. The largest absolute Gasteiger partial charge is 0.381 e. The van der Waals surface area contributed by atoms with Gasteiger partial charge in [-0.1, -0.05) is 24.3 Å². The van der Waals surface area contributed by atoms with Gasteiger partial charge < -0.3 is 20.7 Å². The normalized spacial score (nSPS) is 16.9. The van der Waals surface area contributed by atoms with E-state index in [0.29, 0.717) is 13.2 Å². The average Bonchev–Trinajstić information content (AvgIpc) is 3.25. The standard InChI is InChI=1S/C22H26N4O2/c27-21(18-9-13-28-14-10-18)25-19-5-1-16(2-6-19)15-17-3-7-20(8-4-17)26-22-23-11-12-24-22/h1-8,18H,9-15H2,(H,25,27)(H2,23,24,26). The first-order chi connectivity index (χ1) is 13.8. The van der Waals surface area contributed by atoms with Crippen LogP contribution in [0.4, 0.5) is 11.4 Å². The molecule has 0 aromatic heterocycles. The van der Waals surface area contributed by atoms with Crippen molar-refractivity contribution in [3.8, 4) is 0 Å². The highest BCUT2D eigenvalue weighted by Gasteiger charge is 2.21. The molecule has 1 fully saturated rings. The quantitative estimate of drug-likeness (QED) is 0.748. The van der Waals surface area contributed by atoms with Crippen molar-refractivity contribution in [2.45, 2.75) is 19.3 Å². The number of hydrogen-bond donors (Lipinski definition) is 3. The van der Waals surface area contributed by atoms with Crippen molar-refractivity contribution < 1.29 is 9.53 Å². The summed E-state index contributed by atoms with van der Waals surface area (Å²) in [4.78, 5) is 16.7. The van der Waals surface area contributed by atoms with E-state index in [4.69, 9.17) is 4.74 Å². The molecule has 0 saturated carbocycles. The summed E-state index contributed by atoms with van der Waals surface area (Å²) in [5, 5.41) is 9.50. The lowest BCUT2D eigenvalue weighted by atomic mass is 9.99. The average molecular weight is 378 g/mol. The van der Waals surface area contributed by atoms with Crippen molar-refractivity contribution in [3.05, 3.63) is 59.7 Å². The second kappa shape index (κ2) is 8.89. The number of aliphatic imine (C=N–C) groups is 1. The van der Waals surface area contributed by atoms with Crippen LogP contribution in [-0.4, -0.2) is 38.2 Å². The van der Waals surface area contributed by atoms with Crippen LogP contribution in [0.1, 0.15) is 24.0 Å². The molecule has 0 bridgehead atoms. The molecule has 0 unspecified atom stereocenters. The molecule has 2 aromatic rings. The third-order valence-electron chi connectivity index (χ3n) is 5.11. The van der Waals surface area contributed by atoms with E-state index in [1.165, 1.54) is 11.1 Å². The number of guanidine groups is 1. The number of ether oxygens (including phenoxy) is 1. The summed E-state index contributed by atoms with van der Waals surface area (Å²) in [5.41, 5.74) is 4.34. The van der Waals surface area contributed by atoms with E-state index in [2.05, 4.69) is 57.3 Å². The van der Waals surface area contributed by atoms with E-state index in [9.17, 15) is 4.79 Å². The van der Waals surface area contributed by atoms with Crippen LogP contribution in [0.3, 0.4) is 0 Å². The van der Waals surface area contributed by atoms with Gasteiger partial charge in [0.25, 0.3) is 0 Å². The molecule has 146 valence electrons. The van der Waals surface area contributed by atoms with Crippen LogP contribution >= 0.6 is 0 Å². The monoisotopic (exact) mass is 378 g/mol. The number of nitrogens with zero attached hydrogens (tertiary/aromatic N) is 1. The molecule has 28 heavy (non-hydrogen) atoms. The lowest BCUT2D eigenvalue weighted by molar-refractivity contribution is -0.122. The fraction of sp³-hybridized carbons (Fsp3) is 0.364. The van der Waals surface area contributed by atoms with Gasteiger partial charge in [0.15, 0.2) is 5.96 Å². The molecule has 2 aliphatic rings. The Morgan fingerprint density at radius 3 is 2.25 bits per heavy atom. The van der Waals surface area contributed by atoms with Crippen molar-refractivity contribution >= 4 is 23.2 Å². The van der Waals surface area contributed by atoms with Gasteiger partial charge in [0.1, 0.15) is 0 Å². The Hall–Kier alpha value is -2.86. The van der Waals surface area contributed by atoms with Crippen molar-refractivity contribution in [2.75, 3.05) is 36.9 Å². The van der Waals surface area contributed by atoms with Gasteiger partial charge in [-0.15, -0.1) is 0 Å². The van der Waals surface area contributed by atoms with Crippen LogP contribution in [0.25, 0.3) is 0 Å². The molecule has 0 radical (unpaired) electrons. The first kappa shape index (κ1) is 18.5. The predicted molar refractivity (Wildman–Crippen MR) is 112 cm³/mol. The Labute approximate surface area is 165 Å². The summed E-state index contributed by atoms with van der Waals surface area (Å²) in [6, 6.07) is 16.5. The summed E-state index contributed by atoms with van der Waals surface area (Å²) < 4.78 is 5.32. The number of rotatable bonds is 5. The lowest BCUT2D eigenvalue weighted by Gasteiger charge is -2.21. The van der Waals surface area contributed by atoms with E-state index in [-0.39, 0.29) is 11.8 Å². The van der Waals surface area contributed by atoms with Gasteiger partial charge in [-0.3, -0.25) is 9.79 Å². The van der Waals surface area contributed by atoms with Gasteiger partial charge in [0, 0.05) is 37.1 Å². The number of carbonyl (C=O) groups is 1. The van der Waals surface area contributed by atoms with Gasteiger partial charge in [-0.05, 0) is 54.7 Å². The molecule has 0 atom stereocenters. The zero-order valence-corrected chi connectivity index (χ0v) is 15.9.